The van der Waals surface area contributed by atoms with E-state index < -0.39 is 5.97 Å². The van der Waals surface area contributed by atoms with Gasteiger partial charge in [0.05, 0.1) is 0 Å². The van der Waals surface area contributed by atoms with Gasteiger partial charge in [0.15, 0.2) is 0 Å². The molecule has 0 heterocycles. The molecule has 3 N–H and O–H groups in total. The molecule has 0 saturated heterocycles. The van der Waals surface area contributed by atoms with Crippen LogP contribution in [0.1, 0.15) is 58.8 Å². The summed E-state index contributed by atoms with van der Waals surface area (Å²) in [5.74, 6) is -1.34. The van der Waals surface area contributed by atoms with Crippen molar-refractivity contribution in [2.45, 2.75) is 58.8 Å². The Morgan fingerprint density at radius 2 is 1.76 bits per heavy atom. The van der Waals surface area contributed by atoms with Gasteiger partial charge in [0.2, 0.25) is 5.91 Å². The van der Waals surface area contributed by atoms with Crippen LogP contribution in [0.3, 0.4) is 0 Å². The molecule has 0 spiro atoms. The van der Waals surface area contributed by atoms with Crippen molar-refractivity contribution in [3.63, 3.8) is 0 Å². The summed E-state index contributed by atoms with van der Waals surface area (Å²) in [6.07, 6.45) is 7.83. The zero-order valence-corrected chi connectivity index (χ0v) is 13.0. The first kappa shape index (κ1) is 17.7. The molecule has 5 heteroatoms. The van der Waals surface area contributed by atoms with E-state index in [-0.39, 0.29) is 29.5 Å². The van der Waals surface area contributed by atoms with Crippen LogP contribution in [-0.2, 0) is 9.59 Å². The number of hydrogen-bond acceptors (Lipinski definition) is 3. The minimum atomic E-state index is -1.08. The van der Waals surface area contributed by atoms with Crippen LogP contribution >= 0.6 is 0 Å². The molecule has 0 aromatic heterocycles. The van der Waals surface area contributed by atoms with Crippen LogP contribution in [0.4, 0.5) is 0 Å². The summed E-state index contributed by atoms with van der Waals surface area (Å²) in [7, 11) is 0. The molecule has 1 fully saturated rings. The molecule has 0 aliphatic heterocycles. The van der Waals surface area contributed by atoms with E-state index in [2.05, 4.69) is 5.32 Å². The Morgan fingerprint density at radius 1 is 1.19 bits per heavy atom. The van der Waals surface area contributed by atoms with E-state index in [1.807, 2.05) is 13.8 Å². The van der Waals surface area contributed by atoms with Crippen LogP contribution in [0, 0.1) is 11.3 Å². The van der Waals surface area contributed by atoms with Crippen molar-refractivity contribution in [2.75, 3.05) is 6.61 Å². The highest BCUT2D eigenvalue weighted by atomic mass is 16.4. The first-order chi connectivity index (χ1) is 9.88. The maximum absolute atomic E-state index is 11.9. The lowest BCUT2D eigenvalue weighted by Crippen LogP contribution is -2.29. The fraction of sp³-hybridized carbons (Fsp3) is 0.750. The lowest BCUT2D eigenvalue weighted by molar-refractivity contribution is -0.135. The lowest BCUT2D eigenvalue weighted by atomic mass is 10.1. The van der Waals surface area contributed by atoms with Gasteiger partial charge in [0, 0.05) is 12.5 Å². The summed E-state index contributed by atoms with van der Waals surface area (Å²) in [6.45, 7) is 4.24. The largest absolute Gasteiger partial charge is 0.477 e. The van der Waals surface area contributed by atoms with Crippen molar-refractivity contribution in [1.82, 2.24) is 5.32 Å². The summed E-state index contributed by atoms with van der Waals surface area (Å²) < 4.78 is 0. The SMILES string of the molecule is CC1(C)CC1C(=O)N/C(=C/CCCCCCCO)C(=O)O. The molecule has 1 rings (SSSR count). The number of hydrogen-bond donors (Lipinski definition) is 3. The number of carboxylic acids is 1. The third-order valence-electron chi connectivity index (χ3n) is 4.03. The van der Waals surface area contributed by atoms with Crippen LogP contribution in [0.2, 0.25) is 0 Å². The molecule has 0 radical (unpaired) electrons. The number of nitrogens with one attached hydrogen (secondary N) is 1. The third-order valence-corrected chi connectivity index (χ3v) is 4.03. The standard InChI is InChI=1S/C16H27NO4/c1-16(2)11-12(16)14(19)17-13(15(20)21)9-7-5-3-4-6-8-10-18/h9,12,18H,3-8,10-11H2,1-2H3,(H,17,19)(H,20,21)/b13-9+. The maximum Gasteiger partial charge on any atom is 0.352 e. The van der Waals surface area contributed by atoms with Gasteiger partial charge in [-0.3, -0.25) is 4.79 Å². The second-order valence-corrected chi connectivity index (χ2v) is 6.44. The van der Waals surface area contributed by atoms with Crippen LogP contribution in [-0.4, -0.2) is 28.7 Å². The molecule has 21 heavy (non-hydrogen) atoms. The molecule has 0 aromatic rings. The van der Waals surface area contributed by atoms with Crippen LogP contribution in [0.15, 0.2) is 11.8 Å². The molecule has 1 amide bonds. The molecule has 0 bridgehead atoms. The van der Waals surface area contributed by atoms with Crippen LogP contribution in [0.25, 0.3) is 0 Å². The monoisotopic (exact) mass is 297 g/mol. The van der Waals surface area contributed by atoms with Crippen LogP contribution < -0.4 is 5.32 Å². The number of carboxylic acid groups (broad SMARTS) is 1. The van der Waals surface area contributed by atoms with Crippen molar-refractivity contribution in [2.24, 2.45) is 11.3 Å². The Kier molecular flexibility index (Phi) is 6.89. The second kappa shape index (κ2) is 8.17. The van der Waals surface area contributed by atoms with Gasteiger partial charge in [-0.25, -0.2) is 4.79 Å². The first-order valence-corrected chi connectivity index (χ1v) is 7.73. The number of carbonyl (C=O) groups excluding carboxylic acids is 1. The van der Waals surface area contributed by atoms with E-state index in [9.17, 15) is 9.59 Å². The average Bonchev–Trinajstić information content (AvgIpc) is 3.05. The topological polar surface area (TPSA) is 86.6 Å². The van der Waals surface area contributed by atoms with Crippen molar-refractivity contribution in [3.05, 3.63) is 11.8 Å². The van der Waals surface area contributed by atoms with Gasteiger partial charge in [-0.15, -0.1) is 0 Å². The summed E-state index contributed by atoms with van der Waals surface area (Å²) in [5, 5.41) is 20.3. The number of unbranched alkanes of at least 4 members (excludes halogenated alkanes) is 5. The zero-order valence-electron chi connectivity index (χ0n) is 13.0. The first-order valence-electron chi connectivity index (χ1n) is 7.73. The number of aliphatic hydroxyl groups is 1. The Hall–Kier alpha value is -1.36. The molecule has 1 atom stereocenters. The molecule has 1 unspecified atom stereocenters. The zero-order chi connectivity index (χ0) is 15.9. The number of amides is 1. The fourth-order valence-electron chi connectivity index (χ4n) is 2.36. The quantitative estimate of drug-likeness (QED) is 0.427. The Morgan fingerprint density at radius 3 is 2.29 bits per heavy atom. The van der Waals surface area contributed by atoms with Crippen molar-refractivity contribution < 1.29 is 19.8 Å². The van der Waals surface area contributed by atoms with Gasteiger partial charge in [-0.05, 0) is 31.1 Å². The molecule has 1 aliphatic carbocycles. The second-order valence-electron chi connectivity index (χ2n) is 6.44. The van der Waals surface area contributed by atoms with Crippen molar-refractivity contribution in [1.29, 1.82) is 0 Å². The van der Waals surface area contributed by atoms with Crippen molar-refractivity contribution >= 4 is 11.9 Å². The highest BCUT2D eigenvalue weighted by molar-refractivity contribution is 5.94. The number of carbonyl (C=O) groups is 2. The maximum atomic E-state index is 11.9. The predicted molar refractivity (Wildman–Crippen MR) is 80.5 cm³/mol. The molecular weight excluding hydrogens is 270 g/mol. The molecular formula is C16H27NO4. The number of rotatable bonds is 10. The van der Waals surface area contributed by atoms with Gasteiger partial charge in [0.25, 0.3) is 0 Å². The van der Waals surface area contributed by atoms with Crippen LogP contribution in [0.5, 0.6) is 0 Å². The minimum absolute atomic E-state index is 0.000400. The third kappa shape index (κ3) is 6.29. The highest BCUT2D eigenvalue weighted by Crippen LogP contribution is 2.51. The van der Waals surface area contributed by atoms with Crippen molar-refractivity contribution in [3.8, 4) is 0 Å². The Bertz CT molecular complexity index is 401. The van der Waals surface area contributed by atoms with E-state index >= 15 is 0 Å². The van der Waals surface area contributed by atoms with Gasteiger partial charge < -0.3 is 15.5 Å². The normalized spacial score (nSPS) is 20.1. The predicted octanol–water partition coefficient (Wildman–Crippen LogP) is 2.45. The molecule has 5 nitrogen and oxygen atoms in total. The van der Waals surface area contributed by atoms with E-state index in [1.165, 1.54) is 0 Å². The van der Waals surface area contributed by atoms with E-state index in [1.54, 1.807) is 6.08 Å². The summed E-state index contributed by atoms with van der Waals surface area (Å²) >= 11 is 0. The summed E-state index contributed by atoms with van der Waals surface area (Å²) in [5.41, 5.74) is -0.00140. The highest BCUT2D eigenvalue weighted by Gasteiger charge is 2.50. The summed E-state index contributed by atoms with van der Waals surface area (Å²) in [4.78, 5) is 23.0. The number of aliphatic carboxylic acids is 1. The van der Waals surface area contributed by atoms with Gasteiger partial charge in [-0.2, -0.15) is 0 Å². The molecule has 0 aromatic carbocycles. The Balaban J connectivity index is 2.31. The fourth-order valence-corrected chi connectivity index (χ4v) is 2.36. The van der Waals surface area contributed by atoms with E-state index in [4.69, 9.17) is 10.2 Å². The molecule has 1 saturated carbocycles. The van der Waals surface area contributed by atoms with Gasteiger partial charge in [0.1, 0.15) is 5.70 Å². The number of aliphatic hydroxyl groups excluding tert-OH is 1. The van der Waals surface area contributed by atoms with E-state index in [0.717, 1.165) is 38.5 Å². The average molecular weight is 297 g/mol. The molecule has 1 aliphatic rings. The summed E-state index contributed by atoms with van der Waals surface area (Å²) in [6, 6.07) is 0. The Labute approximate surface area is 126 Å². The lowest BCUT2D eigenvalue weighted by Gasteiger charge is -2.07. The van der Waals surface area contributed by atoms with Gasteiger partial charge in [-0.1, -0.05) is 39.2 Å². The molecule has 120 valence electrons. The number of allylic oxidation sites excluding steroid dienone is 1. The smallest absolute Gasteiger partial charge is 0.352 e. The van der Waals surface area contributed by atoms with E-state index in [0.29, 0.717) is 6.42 Å². The van der Waals surface area contributed by atoms with Gasteiger partial charge >= 0.3 is 5.97 Å². The minimum Gasteiger partial charge on any atom is -0.477 e.